The molecule has 0 amide bonds. The first-order chi connectivity index (χ1) is 32.7. The van der Waals surface area contributed by atoms with Gasteiger partial charge < -0.3 is 0 Å². The van der Waals surface area contributed by atoms with Crippen molar-refractivity contribution >= 4 is 97.8 Å². The summed E-state index contributed by atoms with van der Waals surface area (Å²) in [4.78, 5) is 0. The molecule has 320 valence electrons. The molecule has 0 aromatic heterocycles. The summed E-state index contributed by atoms with van der Waals surface area (Å²) in [6, 6.07) is 58.6. The van der Waals surface area contributed by atoms with Crippen LogP contribution in [0.5, 0.6) is 0 Å². The minimum Gasteiger partial charge on any atom is -0.0991 e. The lowest BCUT2D eigenvalue weighted by molar-refractivity contribution is 0.589. The maximum atomic E-state index is 4.18. The van der Waals surface area contributed by atoms with E-state index in [1.165, 1.54) is 153 Å². The smallest absolute Gasteiger partial charge is 0.000709 e. The van der Waals surface area contributed by atoms with Gasteiger partial charge in [0.15, 0.2) is 0 Å². The van der Waals surface area contributed by atoms with Gasteiger partial charge in [-0.1, -0.05) is 198 Å². The molecule has 0 radical (unpaired) electrons. The third-order valence-corrected chi connectivity index (χ3v) is 15.4. The zero-order chi connectivity index (χ0) is 45.3. The lowest BCUT2D eigenvalue weighted by atomic mass is 9.83. The van der Waals surface area contributed by atoms with Gasteiger partial charge in [0.2, 0.25) is 0 Å². The third kappa shape index (κ3) is 5.72. The van der Waals surface area contributed by atoms with E-state index in [9.17, 15) is 0 Å². The lowest BCUT2D eigenvalue weighted by Gasteiger charge is -2.22. The van der Waals surface area contributed by atoms with E-state index in [2.05, 4.69) is 211 Å². The Hall–Kier alpha value is -7.54. The summed E-state index contributed by atoms with van der Waals surface area (Å²) in [6.07, 6.45) is 12.0. The third-order valence-electron chi connectivity index (χ3n) is 15.4. The van der Waals surface area contributed by atoms with Crippen LogP contribution in [0.1, 0.15) is 68.9 Å². The van der Waals surface area contributed by atoms with Crippen molar-refractivity contribution < 1.29 is 0 Å². The average Bonchev–Trinajstić information content (AvgIpc) is 3.87. The average molecular weight is 857 g/mol. The molecule has 0 saturated carbocycles. The molecule has 1 aliphatic rings. The summed E-state index contributed by atoms with van der Waals surface area (Å²) < 4.78 is 0. The molecule has 13 rings (SSSR count). The Morgan fingerprint density at radius 3 is 1.84 bits per heavy atom. The molecule has 0 aliphatic heterocycles. The van der Waals surface area contributed by atoms with Crippen LogP contribution in [0.4, 0.5) is 0 Å². The van der Waals surface area contributed by atoms with Gasteiger partial charge in [-0.25, -0.2) is 0 Å². The van der Waals surface area contributed by atoms with Gasteiger partial charge in [-0.05, 0) is 197 Å². The van der Waals surface area contributed by atoms with Gasteiger partial charge in [0.25, 0.3) is 0 Å². The number of aryl methyl sites for hydroxylation is 2. The van der Waals surface area contributed by atoms with Crippen molar-refractivity contribution in [1.82, 2.24) is 0 Å². The number of fused-ring (bicyclic) bond motifs is 11. The van der Waals surface area contributed by atoms with Crippen molar-refractivity contribution in [2.75, 3.05) is 0 Å². The largest absolute Gasteiger partial charge is 0.0991 e. The highest BCUT2D eigenvalue weighted by molar-refractivity contribution is 6.45. The van der Waals surface area contributed by atoms with Gasteiger partial charge in [0.05, 0.1) is 0 Å². The van der Waals surface area contributed by atoms with E-state index in [4.69, 9.17) is 0 Å². The van der Waals surface area contributed by atoms with E-state index >= 15 is 0 Å². The SMILES string of the molecule is C=C/C=C(/C)c1c2ccccc2c(-c2cccc3c2C=CCC3)c2c3cc4c(cc5c6c(-c7ccccc7)ccc(-c7cc(CC)cc(C(C)(C)C)c7)c6c6cccc4c65)c4cccc(c12)c43. The van der Waals surface area contributed by atoms with Crippen molar-refractivity contribution in [2.45, 2.75) is 59.3 Å². The van der Waals surface area contributed by atoms with Crippen LogP contribution < -0.4 is 0 Å². The predicted octanol–water partition coefficient (Wildman–Crippen LogP) is 19.2. The van der Waals surface area contributed by atoms with Crippen LogP contribution in [0.3, 0.4) is 0 Å². The van der Waals surface area contributed by atoms with Crippen LogP contribution in [0.2, 0.25) is 0 Å². The van der Waals surface area contributed by atoms with Crippen molar-refractivity contribution in [3.05, 3.63) is 204 Å². The maximum Gasteiger partial charge on any atom is -0.000709 e. The molecule has 1 aliphatic carbocycles. The number of rotatable bonds is 6. The van der Waals surface area contributed by atoms with E-state index in [0.29, 0.717) is 0 Å². The second-order valence-electron chi connectivity index (χ2n) is 20.1. The van der Waals surface area contributed by atoms with Crippen LogP contribution in [-0.2, 0) is 18.3 Å². The molecule has 0 spiro atoms. The monoisotopic (exact) mass is 856 g/mol. The Morgan fingerprint density at radius 2 is 1.13 bits per heavy atom. The molecule has 0 nitrogen and oxygen atoms in total. The van der Waals surface area contributed by atoms with Crippen LogP contribution in [-0.4, -0.2) is 0 Å². The number of allylic oxidation sites excluding steroid dienone is 4. The molecule has 0 fully saturated rings. The molecule has 0 N–H and O–H groups in total. The molecule has 0 unspecified atom stereocenters. The Balaban J connectivity index is 1.24. The van der Waals surface area contributed by atoms with Gasteiger partial charge in [0.1, 0.15) is 0 Å². The molecule has 67 heavy (non-hydrogen) atoms. The van der Waals surface area contributed by atoms with Crippen molar-refractivity contribution in [1.29, 1.82) is 0 Å². The molecule has 12 aromatic carbocycles. The number of benzene rings is 10. The fraction of sp³-hybridized carbons (Fsp3) is 0.134. The van der Waals surface area contributed by atoms with Crippen LogP contribution in [0.25, 0.3) is 131 Å². The first-order valence-corrected chi connectivity index (χ1v) is 24.2. The summed E-state index contributed by atoms with van der Waals surface area (Å²) in [6.45, 7) is 15.7. The van der Waals surface area contributed by atoms with Gasteiger partial charge in [-0.2, -0.15) is 0 Å². The van der Waals surface area contributed by atoms with E-state index in [0.717, 1.165) is 19.3 Å². The van der Waals surface area contributed by atoms with E-state index < -0.39 is 0 Å². The van der Waals surface area contributed by atoms with Crippen molar-refractivity contribution in [2.24, 2.45) is 0 Å². The van der Waals surface area contributed by atoms with Crippen LogP contribution in [0.15, 0.2) is 176 Å². The van der Waals surface area contributed by atoms with Crippen molar-refractivity contribution in [3.8, 4) is 33.4 Å². The van der Waals surface area contributed by atoms with E-state index in [1.54, 1.807) is 0 Å². The van der Waals surface area contributed by atoms with E-state index in [1.807, 2.05) is 6.08 Å². The fourth-order valence-corrected chi connectivity index (χ4v) is 12.3. The van der Waals surface area contributed by atoms with Crippen LogP contribution >= 0.6 is 0 Å². The van der Waals surface area contributed by atoms with Gasteiger partial charge in [-0.15, -0.1) is 0 Å². The summed E-state index contributed by atoms with van der Waals surface area (Å²) >= 11 is 0. The highest BCUT2D eigenvalue weighted by atomic mass is 14.3. The van der Waals surface area contributed by atoms with Gasteiger partial charge in [-0.3, -0.25) is 0 Å². The summed E-state index contributed by atoms with van der Waals surface area (Å²) in [7, 11) is 0. The maximum absolute atomic E-state index is 4.18. The lowest BCUT2D eigenvalue weighted by Crippen LogP contribution is -2.11. The highest BCUT2D eigenvalue weighted by Gasteiger charge is 2.28. The highest BCUT2D eigenvalue weighted by Crippen LogP contribution is 2.55. The molecule has 12 aromatic rings. The molecule has 0 bridgehead atoms. The standard InChI is InChI=1S/C67H52/c1-7-19-39(3)59-49-25-14-15-26-50(49)64(48-27-16-23-41-22-12-13-24-45(41)48)66-58-38-56-51-28-17-30-53-60(51)57(37-55(56)52-29-18-31-54(61(52)58)65(59)66)63-46(42-20-10-9-11-21-42)32-33-47(62(53)63)43-34-40(8-2)35-44(36-43)67(4,5)6/h7,9-11,13-21,23-38H,1,8,12,22H2,2-6H3/b39-19-. The Labute approximate surface area is 392 Å². The molecular weight excluding hydrogens is 805 g/mol. The predicted molar refractivity (Wildman–Crippen MR) is 294 cm³/mol. The van der Waals surface area contributed by atoms with E-state index in [-0.39, 0.29) is 5.41 Å². The van der Waals surface area contributed by atoms with Crippen LogP contribution in [0, 0.1) is 0 Å². The van der Waals surface area contributed by atoms with Crippen molar-refractivity contribution in [3.63, 3.8) is 0 Å². The summed E-state index contributed by atoms with van der Waals surface area (Å²) in [5, 5.41) is 21.2. The minimum absolute atomic E-state index is 0.0269. The first kappa shape index (κ1) is 39.8. The summed E-state index contributed by atoms with van der Waals surface area (Å²) in [5.41, 5.74) is 15.9. The zero-order valence-electron chi connectivity index (χ0n) is 39.1. The first-order valence-electron chi connectivity index (χ1n) is 24.2. The normalized spacial score (nSPS) is 13.5. The Kier molecular flexibility index (Phi) is 8.75. The summed E-state index contributed by atoms with van der Waals surface area (Å²) in [5.74, 6) is 0. The van der Waals surface area contributed by atoms with Gasteiger partial charge >= 0.3 is 0 Å². The Bertz CT molecular complexity index is 4110. The molecule has 0 atom stereocenters. The zero-order valence-corrected chi connectivity index (χ0v) is 39.1. The molecule has 0 saturated heterocycles. The minimum atomic E-state index is 0.0269. The second kappa shape index (κ2) is 14.7. The topological polar surface area (TPSA) is 0 Å². The van der Waals surface area contributed by atoms with Gasteiger partial charge in [0, 0.05) is 0 Å². The number of hydrogen-bond donors (Lipinski definition) is 0. The fourth-order valence-electron chi connectivity index (χ4n) is 12.3. The molecule has 0 heterocycles. The molecular formula is C67H52. The second-order valence-corrected chi connectivity index (χ2v) is 20.1. The molecule has 0 heteroatoms. The Morgan fingerprint density at radius 1 is 0.522 bits per heavy atom. The quantitative estimate of drug-likeness (QED) is 0.115. The number of hydrogen-bond acceptors (Lipinski definition) is 0.